The Kier molecular flexibility index (Phi) is 3.17. The van der Waals surface area contributed by atoms with E-state index >= 15 is 0 Å². The Bertz CT molecular complexity index is 384. The van der Waals surface area contributed by atoms with E-state index in [0.717, 1.165) is 0 Å². The molecular formula is C12H14O5. The van der Waals surface area contributed by atoms with Gasteiger partial charge in [0.05, 0.1) is 24.4 Å². The van der Waals surface area contributed by atoms with E-state index in [1.807, 2.05) is 0 Å². The minimum atomic E-state index is -0.704. The summed E-state index contributed by atoms with van der Waals surface area (Å²) >= 11 is 0. The van der Waals surface area contributed by atoms with Gasteiger partial charge in [-0.3, -0.25) is 4.79 Å². The maximum Gasteiger partial charge on any atom is 0.337 e. The summed E-state index contributed by atoms with van der Waals surface area (Å²) in [5.41, 5.74) is 0.490. The molecule has 17 heavy (non-hydrogen) atoms. The highest BCUT2D eigenvalue weighted by Crippen LogP contribution is 2.37. The van der Waals surface area contributed by atoms with Gasteiger partial charge in [-0.25, -0.2) is 4.79 Å². The van der Waals surface area contributed by atoms with Gasteiger partial charge in [0, 0.05) is 12.8 Å². The number of cyclic esters (lactones) is 1. The van der Waals surface area contributed by atoms with Gasteiger partial charge in [0.25, 0.3) is 0 Å². The molecule has 3 atom stereocenters. The number of rotatable bonds is 2. The Labute approximate surface area is 99.0 Å². The van der Waals surface area contributed by atoms with E-state index in [1.54, 1.807) is 6.08 Å². The van der Waals surface area contributed by atoms with Crippen LogP contribution in [0.1, 0.15) is 13.3 Å². The van der Waals surface area contributed by atoms with Crippen LogP contribution in [0.25, 0.3) is 0 Å². The number of esters is 2. The molecule has 0 unspecified atom stereocenters. The van der Waals surface area contributed by atoms with Gasteiger partial charge < -0.3 is 14.2 Å². The van der Waals surface area contributed by atoms with E-state index in [0.29, 0.717) is 18.6 Å². The van der Waals surface area contributed by atoms with E-state index in [4.69, 9.17) is 14.2 Å². The van der Waals surface area contributed by atoms with Crippen LogP contribution in [0.5, 0.6) is 0 Å². The maximum atomic E-state index is 11.5. The number of hydrogen-bond donors (Lipinski definition) is 0. The molecule has 0 spiro atoms. The largest absolute Gasteiger partial charge is 0.462 e. The molecule has 0 radical (unpaired) electrons. The van der Waals surface area contributed by atoms with Gasteiger partial charge in [0.1, 0.15) is 0 Å². The lowest BCUT2D eigenvalue weighted by Crippen LogP contribution is -2.40. The zero-order valence-corrected chi connectivity index (χ0v) is 9.55. The van der Waals surface area contributed by atoms with Crippen LogP contribution in [0.3, 0.4) is 0 Å². The third-order valence-electron chi connectivity index (χ3n) is 2.96. The van der Waals surface area contributed by atoms with E-state index < -0.39 is 12.3 Å². The second-order valence-corrected chi connectivity index (χ2v) is 4.03. The molecule has 2 rings (SSSR count). The summed E-state index contributed by atoms with van der Waals surface area (Å²) in [6.07, 6.45) is 2.98. The third kappa shape index (κ3) is 2.18. The van der Waals surface area contributed by atoms with Crippen LogP contribution in [-0.4, -0.2) is 24.8 Å². The van der Waals surface area contributed by atoms with Crippen LogP contribution in [0, 0.1) is 11.8 Å². The number of carbonyl (C=O) groups excluding carboxylic acids is 2. The lowest BCUT2D eigenvalue weighted by Gasteiger charge is -2.36. The minimum absolute atomic E-state index is 0.0492. The smallest absolute Gasteiger partial charge is 0.337 e. The van der Waals surface area contributed by atoms with Crippen molar-refractivity contribution in [2.45, 2.75) is 19.6 Å². The molecule has 0 N–H and O–H groups in total. The van der Waals surface area contributed by atoms with Gasteiger partial charge in [0.15, 0.2) is 0 Å². The average Bonchev–Trinajstić information content (AvgIpc) is 2.28. The molecule has 0 aliphatic carbocycles. The van der Waals surface area contributed by atoms with Gasteiger partial charge in [-0.1, -0.05) is 6.08 Å². The molecular weight excluding hydrogens is 224 g/mol. The highest BCUT2D eigenvalue weighted by molar-refractivity contribution is 5.89. The molecule has 0 amide bonds. The fourth-order valence-corrected chi connectivity index (χ4v) is 2.17. The zero-order chi connectivity index (χ0) is 12.4. The highest BCUT2D eigenvalue weighted by Gasteiger charge is 2.41. The number of ether oxygens (including phenoxy) is 3. The molecule has 2 aliphatic rings. The predicted octanol–water partition coefficient (Wildman–Crippen LogP) is 1.16. The molecule has 0 saturated carbocycles. The van der Waals surface area contributed by atoms with Crippen molar-refractivity contribution in [2.75, 3.05) is 6.61 Å². The van der Waals surface area contributed by atoms with Crippen molar-refractivity contribution in [2.24, 2.45) is 11.8 Å². The minimum Gasteiger partial charge on any atom is -0.462 e. The molecule has 5 nitrogen and oxygen atoms in total. The summed E-state index contributed by atoms with van der Waals surface area (Å²) in [7, 11) is 0. The van der Waals surface area contributed by atoms with E-state index in [-0.39, 0.29) is 17.8 Å². The molecule has 1 fully saturated rings. The predicted molar refractivity (Wildman–Crippen MR) is 57.5 cm³/mol. The first kappa shape index (κ1) is 11.7. The molecule has 1 saturated heterocycles. The molecule has 92 valence electrons. The molecule has 0 aromatic rings. The Morgan fingerprint density at radius 3 is 3.06 bits per heavy atom. The summed E-state index contributed by atoms with van der Waals surface area (Å²) in [4.78, 5) is 22.5. The van der Waals surface area contributed by atoms with E-state index in [9.17, 15) is 9.59 Å². The number of fused-ring (bicyclic) bond motifs is 1. The summed E-state index contributed by atoms with van der Waals surface area (Å²) < 4.78 is 15.2. The summed E-state index contributed by atoms with van der Waals surface area (Å²) in [6, 6.07) is 0. The summed E-state index contributed by atoms with van der Waals surface area (Å²) in [5, 5.41) is 0. The molecule has 0 aromatic carbocycles. The standard InChI is InChI=1S/C12H14O5/c1-3-8-9-4-5-15-11(14)10(9)6-16-12(8)17-7(2)13/h3,6,8-9,12H,1,4-5H2,2H3/t8-,9-,12+/m0/s1. The van der Waals surface area contributed by atoms with Crippen LogP contribution >= 0.6 is 0 Å². The van der Waals surface area contributed by atoms with Crippen molar-refractivity contribution in [1.82, 2.24) is 0 Å². The fourth-order valence-electron chi connectivity index (χ4n) is 2.17. The second-order valence-electron chi connectivity index (χ2n) is 4.03. The molecule has 0 bridgehead atoms. The van der Waals surface area contributed by atoms with Crippen molar-refractivity contribution in [1.29, 1.82) is 0 Å². The van der Waals surface area contributed by atoms with Crippen LogP contribution in [0.2, 0.25) is 0 Å². The first-order chi connectivity index (χ1) is 8.13. The summed E-state index contributed by atoms with van der Waals surface area (Å²) in [5.74, 6) is -1.05. The molecule has 2 aliphatic heterocycles. The Morgan fingerprint density at radius 1 is 1.65 bits per heavy atom. The van der Waals surface area contributed by atoms with Crippen LogP contribution in [-0.2, 0) is 23.8 Å². The SMILES string of the molecule is C=C[C@@H]1[C@@H](OC(C)=O)OC=C2C(=O)OCC[C@H]21. The lowest BCUT2D eigenvalue weighted by atomic mass is 9.81. The molecule has 2 heterocycles. The first-order valence-corrected chi connectivity index (χ1v) is 5.46. The highest BCUT2D eigenvalue weighted by atomic mass is 16.7. The van der Waals surface area contributed by atoms with E-state index in [1.165, 1.54) is 13.2 Å². The second kappa shape index (κ2) is 4.61. The van der Waals surface area contributed by atoms with E-state index in [2.05, 4.69) is 6.58 Å². The first-order valence-electron chi connectivity index (χ1n) is 5.46. The Hall–Kier alpha value is -1.78. The quantitative estimate of drug-likeness (QED) is 0.533. The van der Waals surface area contributed by atoms with Crippen molar-refractivity contribution in [3.63, 3.8) is 0 Å². The van der Waals surface area contributed by atoms with Gasteiger partial charge in [-0.2, -0.15) is 0 Å². The molecule has 5 heteroatoms. The zero-order valence-electron chi connectivity index (χ0n) is 9.55. The van der Waals surface area contributed by atoms with Gasteiger partial charge in [-0.05, 0) is 6.42 Å². The van der Waals surface area contributed by atoms with Crippen molar-refractivity contribution in [3.8, 4) is 0 Å². The lowest BCUT2D eigenvalue weighted by molar-refractivity contribution is -0.181. The van der Waals surface area contributed by atoms with Gasteiger partial charge >= 0.3 is 11.9 Å². The maximum absolute atomic E-state index is 11.5. The Balaban J connectivity index is 2.23. The fraction of sp³-hybridized carbons (Fsp3) is 0.500. The normalized spacial score (nSPS) is 31.5. The third-order valence-corrected chi connectivity index (χ3v) is 2.96. The number of carbonyl (C=O) groups is 2. The Morgan fingerprint density at radius 2 is 2.41 bits per heavy atom. The van der Waals surface area contributed by atoms with Gasteiger partial charge in [-0.15, -0.1) is 6.58 Å². The average molecular weight is 238 g/mol. The summed E-state index contributed by atoms with van der Waals surface area (Å²) in [6.45, 7) is 5.40. The van der Waals surface area contributed by atoms with Crippen molar-refractivity contribution >= 4 is 11.9 Å². The van der Waals surface area contributed by atoms with Crippen LogP contribution in [0.4, 0.5) is 0 Å². The number of hydrogen-bond acceptors (Lipinski definition) is 5. The topological polar surface area (TPSA) is 61.8 Å². The van der Waals surface area contributed by atoms with Crippen molar-refractivity contribution in [3.05, 3.63) is 24.5 Å². The molecule has 0 aromatic heterocycles. The van der Waals surface area contributed by atoms with Gasteiger partial charge in [0.2, 0.25) is 6.29 Å². The monoisotopic (exact) mass is 238 g/mol. The van der Waals surface area contributed by atoms with Crippen molar-refractivity contribution < 1.29 is 23.8 Å². The van der Waals surface area contributed by atoms with Crippen LogP contribution < -0.4 is 0 Å². The van der Waals surface area contributed by atoms with Crippen LogP contribution in [0.15, 0.2) is 24.5 Å².